The number of esters is 1. The lowest BCUT2D eigenvalue weighted by Crippen LogP contribution is -2.39. The second kappa shape index (κ2) is 7.43. The number of nitrogens with two attached hydrogens (primary N) is 1. The molecule has 0 aliphatic rings. The monoisotopic (exact) mass is 314 g/mol. The number of hydrogen-bond acceptors (Lipinski definition) is 7. The summed E-state index contributed by atoms with van der Waals surface area (Å²) in [7, 11) is 1.22. The zero-order chi connectivity index (χ0) is 16.0. The minimum Gasteiger partial charge on any atom is -0.469 e. The number of hydrogen-bond donors (Lipinski definition) is 3. The van der Waals surface area contributed by atoms with Crippen LogP contribution in [0.3, 0.4) is 0 Å². The highest BCUT2D eigenvalue weighted by Gasteiger charge is 2.18. The van der Waals surface area contributed by atoms with Crippen LogP contribution in [0.25, 0.3) is 0 Å². The number of aromatic nitrogens is 2. The molecular weight excluding hydrogens is 300 g/mol. The van der Waals surface area contributed by atoms with Crippen LogP contribution in [0, 0.1) is 0 Å². The number of ether oxygens (including phenoxy) is 1. The first kappa shape index (κ1) is 16.7. The summed E-state index contributed by atoms with van der Waals surface area (Å²) < 4.78 is 4.48. The molecule has 0 aliphatic heterocycles. The highest BCUT2D eigenvalue weighted by atomic mass is 32.2. The third kappa shape index (κ3) is 5.65. The van der Waals surface area contributed by atoms with Gasteiger partial charge in [-0.15, -0.1) is 0 Å². The Morgan fingerprint density at radius 3 is 2.76 bits per heavy atom. The normalized spacial score (nSPS) is 11.5. The lowest BCUT2D eigenvalue weighted by molar-refractivity contribution is -0.139. The molecule has 1 aromatic rings. The van der Waals surface area contributed by atoms with Crippen molar-refractivity contribution in [3.05, 3.63) is 22.1 Å². The molecular formula is C11H14N4O5S. The fraction of sp³-hybridized carbons (Fsp3) is 0.364. The van der Waals surface area contributed by atoms with Gasteiger partial charge >= 0.3 is 12.0 Å². The number of rotatable bonds is 5. The average molecular weight is 314 g/mol. The van der Waals surface area contributed by atoms with Crippen LogP contribution in [0.1, 0.15) is 12.6 Å². The smallest absolute Gasteiger partial charge is 0.318 e. The van der Waals surface area contributed by atoms with Gasteiger partial charge in [0.15, 0.2) is 5.16 Å². The highest BCUT2D eigenvalue weighted by Crippen LogP contribution is 2.18. The van der Waals surface area contributed by atoms with Gasteiger partial charge < -0.3 is 15.5 Å². The second-order valence-electron chi connectivity index (χ2n) is 3.91. The van der Waals surface area contributed by atoms with E-state index in [1.54, 1.807) is 0 Å². The summed E-state index contributed by atoms with van der Waals surface area (Å²) in [4.78, 5) is 51.2. The van der Waals surface area contributed by atoms with Gasteiger partial charge in [-0.05, 0) is 6.92 Å². The average Bonchev–Trinajstić information content (AvgIpc) is 2.36. The number of amides is 3. The Hall–Kier alpha value is -2.36. The molecule has 0 aromatic carbocycles. The van der Waals surface area contributed by atoms with E-state index in [1.807, 2.05) is 5.32 Å². The molecule has 1 atom stereocenters. The molecule has 0 fully saturated rings. The zero-order valence-corrected chi connectivity index (χ0v) is 12.2. The molecule has 0 spiro atoms. The van der Waals surface area contributed by atoms with Crippen molar-refractivity contribution in [1.29, 1.82) is 0 Å². The molecule has 0 aliphatic carbocycles. The predicted molar refractivity (Wildman–Crippen MR) is 73.6 cm³/mol. The number of carbonyl (C=O) groups is 3. The van der Waals surface area contributed by atoms with Crippen molar-refractivity contribution in [2.24, 2.45) is 5.73 Å². The van der Waals surface area contributed by atoms with Gasteiger partial charge in [0.2, 0.25) is 5.91 Å². The van der Waals surface area contributed by atoms with Crippen molar-refractivity contribution in [2.75, 3.05) is 7.11 Å². The first-order valence-electron chi connectivity index (χ1n) is 5.76. The van der Waals surface area contributed by atoms with Gasteiger partial charge in [0.05, 0.1) is 24.5 Å². The largest absolute Gasteiger partial charge is 0.469 e. The van der Waals surface area contributed by atoms with E-state index in [2.05, 4.69) is 14.7 Å². The molecule has 1 aromatic heterocycles. The molecule has 0 radical (unpaired) electrons. The fourth-order valence-corrected chi connectivity index (χ4v) is 2.12. The van der Waals surface area contributed by atoms with Crippen LogP contribution in [0.15, 0.2) is 16.0 Å². The summed E-state index contributed by atoms with van der Waals surface area (Å²) in [6.45, 7) is 1.51. The summed E-state index contributed by atoms with van der Waals surface area (Å²) in [5, 5.41) is 1.35. The highest BCUT2D eigenvalue weighted by molar-refractivity contribution is 8.00. The minimum absolute atomic E-state index is 0.147. The Bertz CT molecular complexity index is 615. The quantitative estimate of drug-likeness (QED) is 0.365. The Kier molecular flexibility index (Phi) is 5.91. The molecule has 0 unspecified atom stereocenters. The Morgan fingerprint density at radius 1 is 1.52 bits per heavy atom. The number of urea groups is 1. The molecule has 3 amide bonds. The second-order valence-corrected chi connectivity index (χ2v) is 5.24. The topological polar surface area (TPSA) is 144 Å². The Morgan fingerprint density at radius 2 is 2.19 bits per heavy atom. The van der Waals surface area contributed by atoms with E-state index in [-0.39, 0.29) is 17.3 Å². The number of primary amides is 1. The van der Waals surface area contributed by atoms with Gasteiger partial charge in [-0.25, -0.2) is 9.78 Å². The number of thioether (sulfide) groups is 1. The van der Waals surface area contributed by atoms with E-state index >= 15 is 0 Å². The third-order valence-corrected chi connectivity index (χ3v) is 3.21. The van der Waals surface area contributed by atoms with Gasteiger partial charge in [-0.3, -0.25) is 19.7 Å². The van der Waals surface area contributed by atoms with Gasteiger partial charge in [-0.2, -0.15) is 0 Å². The van der Waals surface area contributed by atoms with E-state index < -0.39 is 28.7 Å². The molecule has 0 bridgehead atoms. The maximum atomic E-state index is 11.5. The number of imide groups is 1. The van der Waals surface area contributed by atoms with Crippen molar-refractivity contribution < 1.29 is 19.1 Å². The SMILES string of the molecule is COC(=O)Cc1cc(=O)[nH]c(S[C@H](C)C(=O)NC(N)=O)n1. The zero-order valence-electron chi connectivity index (χ0n) is 11.3. The summed E-state index contributed by atoms with van der Waals surface area (Å²) in [5.41, 5.74) is 4.59. The molecule has 114 valence electrons. The van der Waals surface area contributed by atoms with Crippen LogP contribution >= 0.6 is 11.8 Å². The fourth-order valence-electron chi connectivity index (χ4n) is 1.29. The van der Waals surface area contributed by atoms with Gasteiger partial charge in [-0.1, -0.05) is 11.8 Å². The molecule has 1 rings (SSSR count). The summed E-state index contributed by atoms with van der Waals surface area (Å²) in [5.74, 6) is -1.16. The van der Waals surface area contributed by atoms with Crippen LogP contribution < -0.4 is 16.6 Å². The van der Waals surface area contributed by atoms with Crippen molar-refractivity contribution in [3.8, 4) is 0 Å². The van der Waals surface area contributed by atoms with E-state index in [4.69, 9.17) is 5.73 Å². The summed E-state index contributed by atoms with van der Waals surface area (Å²) in [6.07, 6.45) is -0.157. The number of H-pyrrole nitrogens is 1. The van der Waals surface area contributed by atoms with Crippen molar-refractivity contribution in [1.82, 2.24) is 15.3 Å². The van der Waals surface area contributed by atoms with Gasteiger partial charge in [0.1, 0.15) is 0 Å². The number of nitrogens with one attached hydrogen (secondary N) is 2. The molecule has 21 heavy (non-hydrogen) atoms. The van der Waals surface area contributed by atoms with Crippen LogP contribution in [0.5, 0.6) is 0 Å². The molecule has 1 heterocycles. The predicted octanol–water partition coefficient (Wildman–Crippen LogP) is -0.839. The Labute approximate surface area is 123 Å². The number of aromatic amines is 1. The molecule has 0 saturated carbocycles. The van der Waals surface area contributed by atoms with Crippen LogP contribution in [-0.2, 0) is 20.7 Å². The maximum absolute atomic E-state index is 11.5. The van der Waals surface area contributed by atoms with Crippen molar-refractivity contribution in [3.63, 3.8) is 0 Å². The summed E-state index contributed by atoms with van der Waals surface area (Å²) in [6, 6.07) is 0.197. The van der Waals surface area contributed by atoms with E-state index in [0.717, 1.165) is 17.8 Å². The molecule has 10 heteroatoms. The number of methoxy groups -OCH3 is 1. The van der Waals surface area contributed by atoms with E-state index in [9.17, 15) is 19.2 Å². The number of nitrogens with zero attached hydrogens (tertiary/aromatic N) is 1. The lowest BCUT2D eigenvalue weighted by Gasteiger charge is -2.09. The Balaban J connectivity index is 2.83. The first-order chi connectivity index (χ1) is 9.81. The van der Waals surface area contributed by atoms with Gasteiger partial charge in [0, 0.05) is 6.07 Å². The summed E-state index contributed by atoms with van der Waals surface area (Å²) >= 11 is 0.918. The van der Waals surface area contributed by atoms with Gasteiger partial charge in [0.25, 0.3) is 5.56 Å². The van der Waals surface area contributed by atoms with E-state index in [1.165, 1.54) is 14.0 Å². The standard InChI is InChI=1S/C11H14N4O5S/c1-5(9(18)15-10(12)19)21-11-13-6(3-7(16)14-11)4-8(17)20-2/h3,5H,4H2,1-2H3,(H,13,14,16)(H3,12,15,18,19)/t5-/m1/s1. The lowest BCUT2D eigenvalue weighted by atomic mass is 10.3. The molecule has 9 nitrogen and oxygen atoms in total. The first-order valence-corrected chi connectivity index (χ1v) is 6.63. The van der Waals surface area contributed by atoms with Crippen LogP contribution in [0.2, 0.25) is 0 Å². The van der Waals surface area contributed by atoms with Crippen LogP contribution in [0.4, 0.5) is 4.79 Å². The van der Waals surface area contributed by atoms with Crippen molar-refractivity contribution >= 4 is 29.7 Å². The molecule has 4 N–H and O–H groups in total. The van der Waals surface area contributed by atoms with E-state index in [0.29, 0.717) is 0 Å². The maximum Gasteiger partial charge on any atom is 0.318 e. The minimum atomic E-state index is -0.964. The number of carbonyl (C=O) groups excluding carboxylic acids is 3. The van der Waals surface area contributed by atoms with Crippen LogP contribution in [-0.4, -0.2) is 40.2 Å². The third-order valence-electron chi connectivity index (χ3n) is 2.23. The molecule has 0 saturated heterocycles. The van der Waals surface area contributed by atoms with Crippen molar-refractivity contribution in [2.45, 2.75) is 23.8 Å².